The zero-order chi connectivity index (χ0) is 17.1. The van der Waals surface area contributed by atoms with Gasteiger partial charge in [-0.15, -0.1) is 0 Å². The highest BCUT2D eigenvalue weighted by Crippen LogP contribution is 2.33. The van der Waals surface area contributed by atoms with Gasteiger partial charge in [0.05, 0.1) is 0 Å². The summed E-state index contributed by atoms with van der Waals surface area (Å²) in [6.45, 7) is 3.69. The number of piperidine rings is 1. The molecule has 0 unspecified atom stereocenters. The standard InChI is InChI=1S/C20H26N4O/c25-20(23-12-4-5-13-23)19(16-7-2-1-3-8-16)24-14-6-9-17(15-24)18-10-11-21-22-18/h1-3,7-8,10-11,17,19H,4-6,9,12-15H2,(H,21,22)/t17-,19+/m1/s1. The molecule has 25 heavy (non-hydrogen) atoms. The third kappa shape index (κ3) is 3.47. The first-order valence-corrected chi connectivity index (χ1v) is 9.40. The van der Waals surface area contributed by atoms with E-state index < -0.39 is 0 Å². The van der Waals surface area contributed by atoms with Crippen molar-refractivity contribution in [2.45, 2.75) is 37.6 Å². The van der Waals surface area contributed by atoms with Crippen molar-refractivity contribution in [2.75, 3.05) is 26.2 Å². The molecule has 2 aliphatic rings. The molecule has 1 amide bonds. The van der Waals surface area contributed by atoms with E-state index in [-0.39, 0.29) is 11.9 Å². The third-order valence-corrected chi connectivity index (χ3v) is 5.55. The number of hydrogen-bond donors (Lipinski definition) is 1. The van der Waals surface area contributed by atoms with Crippen molar-refractivity contribution in [3.05, 3.63) is 53.9 Å². The molecule has 3 heterocycles. The van der Waals surface area contributed by atoms with Crippen molar-refractivity contribution in [3.63, 3.8) is 0 Å². The average molecular weight is 338 g/mol. The molecular formula is C20H26N4O. The van der Waals surface area contributed by atoms with E-state index in [1.54, 1.807) is 0 Å². The van der Waals surface area contributed by atoms with Crippen LogP contribution >= 0.6 is 0 Å². The second-order valence-electron chi connectivity index (χ2n) is 7.19. The lowest BCUT2D eigenvalue weighted by Gasteiger charge is -2.38. The molecule has 1 aromatic carbocycles. The third-order valence-electron chi connectivity index (χ3n) is 5.55. The van der Waals surface area contributed by atoms with Gasteiger partial charge in [-0.05, 0) is 43.9 Å². The molecule has 0 saturated carbocycles. The van der Waals surface area contributed by atoms with Crippen LogP contribution in [-0.2, 0) is 4.79 Å². The molecule has 2 fully saturated rings. The Morgan fingerprint density at radius 1 is 1.08 bits per heavy atom. The predicted octanol–water partition coefficient (Wildman–Crippen LogP) is 2.95. The highest BCUT2D eigenvalue weighted by Gasteiger charge is 2.35. The fourth-order valence-electron chi connectivity index (χ4n) is 4.24. The topological polar surface area (TPSA) is 52.2 Å². The molecule has 2 aromatic rings. The van der Waals surface area contributed by atoms with Gasteiger partial charge in [0.15, 0.2) is 0 Å². The van der Waals surface area contributed by atoms with Gasteiger partial charge in [0.25, 0.3) is 0 Å². The number of amides is 1. The first kappa shape index (κ1) is 16.3. The number of carbonyl (C=O) groups is 1. The predicted molar refractivity (Wildman–Crippen MR) is 97.1 cm³/mol. The van der Waals surface area contributed by atoms with Crippen LogP contribution in [0.1, 0.15) is 48.9 Å². The largest absolute Gasteiger partial charge is 0.341 e. The van der Waals surface area contributed by atoms with Gasteiger partial charge in [0.2, 0.25) is 5.91 Å². The van der Waals surface area contributed by atoms with Crippen molar-refractivity contribution in [1.82, 2.24) is 20.0 Å². The number of benzene rings is 1. The summed E-state index contributed by atoms with van der Waals surface area (Å²) in [6.07, 6.45) is 6.34. The van der Waals surface area contributed by atoms with Crippen molar-refractivity contribution in [3.8, 4) is 0 Å². The van der Waals surface area contributed by atoms with Gasteiger partial charge in [-0.2, -0.15) is 5.10 Å². The summed E-state index contributed by atoms with van der Waals surface area (Å²) in [5.41, 5.74) is 2.30. The van der Waals surface area contributed by atoms with Gasteiger partial charge >= 0.3 is 0 Å². The van der Waals surface area contributed by atoms with E-state index in [2.05, 4.69) is 38.2 Å². The van der Waals surface area contributed by atoms with Gasteiger partial charge in [-0.1, -0.05) is 30.3 Å². The number of aromatic amines is 1. The van der Waals surface area contributed by atoms with Crippen LogP contribution in [0.25, 0.3) is 0 Å². The fourth-order valence-corrected chi connectivity index (χ4v) is 4.24. The minimum Gasteiger partial charge on any atom is -0.341 e. The van der Waals surface area contributed by atoms with E-state index in [1.165, 1.54) is 5.69 Å². The maximum Gasteiger partial charge on any atom is 0.244 e. The van der Waals surface area contributed by atoms with E-state index in [0.29, 0.717) is 5.92 Å². The van der Waals surface area contributed by atoms with Crippen molar-refractivity contribution < 1.29 is 4.79 Å². The SMILES string of the molecule is O=C([C@H](c1ccccc1)N1CCC[C@@H](c2ccn[nH]2)C1)N1CCCC1. The van der Waals surface area contributed by atoms with Gasteiger partial charge in [-0.3, -0.25) is 14.8 Å². The summed E-state index contributed by atoms with van der Waals surface area (Å²) >= 11 is 0. The van der Waals surface area contributed by atoms with Gasteiger partial charge in [0, 0.05) is 37.4 Å². The summed E-state index contributed by atoms with van der Waals surface area (Å²) in [6, 6.07) is 12.2. The number of aromatic nitrogens is 2. The lowest BCUT2D eigenvalue weighted by atomic mass is 9.92. The Labute approximate surface area is 149 Å². The molecule has 1 N–H and O–H groups in total. The van der Waals surface area contributed by atoms with Crippen LogP contribution in [0, 0.1) is 0 Å². The molecule has 0 spiro atoms. The number of H-pyrrole nitrogens is 1. The van der Waals surface area contributed by atoms with Crippen molar-refractivity contribution in [1.29, 1.82) is 0 Å². The average Bonchev–Trinajstić information content (AvgIpc) is 3.37. The molecule has 132 valence electrons. The van der Waals surface area contributed by atoms with Crippen LogP contribution in [0.5, 0.6) is 0 Å². The monoisotopic (exact) mass is 338 g/mol. The molecule has 0 bridgehead atoms. The second-order valence-corrected chi connectivity index (χ2v) is 7.19. The molecule has 0 aliphatic carbocycles. The first-order chi connectivity index (χ1) is 12.3. The Balaban J connectivity index is 1.59. The number of nitrogens with zero attached hydrogens (tertiary/aromatic N) is 3. The van der Waals surface area contributed by atoms with Crippen LogP contribution in [0.2, 0.25) is 0 Å². The van der Waals surface area contributed by atoms with Crippen LogP contribution in [0.3, 0.4) is 0 Å². The Hall–Kier alpha value is -2.14. The molecule has 2 aliphatic heterocycles. The van der Waals surface area contributed by atoms with Crippen LogP contribution in [0.15, 0.2) is 42.6 Å². The maximum atomic E-state index is 13.3. The molecule has 2 saturated heterocycles. The van der Waals surface area contributed by atoms with E-state index in [9.17, 15) is 4.79 Å². The number of hydrogen-bond acceptors (Lipinski definition) is 3. The minimum atomic E-state index is -0.162. The zero-order valence-electron chi connectivity index (χ0n) is 14.6. The molecule has 5 heteroatoms. The second kappa shape index (κ2) is 7.40. The Kier molecular flexibility index (Phi) is 4.83. The van der Waals surface area contributed by atoms with Crippen molar-refractivity contribution >= 4 is 5.91 Å². The zero-order valence-corrected chi connectivity index (χ0v) is 14.6. The van der Waals surface area contributed by atoms with E-state index >= 15 is 0 Å². The lowest BCUT2D eigenvalue weighted by molar-refractivity contribution is -0.136. The van der Waals surface area contributed by atoms with Crippen LogP contribution in [-0.4, -0.2) is 52.1 Å². The van der Waals surface area contributed by atoms with Crippen LogP contribution < -0.4 is 0 Å². The number of nitrogens with one attached hydrogen (secondary N) is 1. The molecule has 4 rings (SSSR count). The van der Waals surface area contributed by atoms with Crippen LogP contribution in [0.4, 0.5) is 0 Å². The van der Waals surface area contributed by atoms with Gasteiger partial charge in [0.1, 0.15) is 6.04 Å². The van der Waals surface area contributed by atoms with Gasteiger partial charge in [-0.25, -0.2) is 0 Å². The highest BCUT2D eigenvalue weighted by molar-refractivity contribution is 5.83. The Morgan fingerprint density at radius 2 is 1.88 bits per heavy atom. The quantitative estimate of drug-likeness (QED) is 0.932. The lowest BCUT2D eigenvalue weighted by Crippen LogP contribution is -2.45. The molecule has 0 radical (unpaired) electrons. The summed E-state index contributed by atoms with van der Waals surface area (Å²) in [7, 11) is 0. The normalized spacial score (nSPS) is 22.9. The minimum absolute atomic E-state index is 0.162. The summed E-state index contributed by atoms with van der Waals surface area (Å²) in [4.78, 5) is 17.7. The Bertz CT molecular complexity index is 679. The highest BCUT2D eigenvalue weighted by atomic mass is 16.2. The molecule has 5 nitrogen and oxygen atoms in total. The summed E-state index contributed by atoms with van der Waals surface area (Å²) < 4.78 is 0. The summed E-state index contributed by atoms with van der Waals surface area (Å²) in [5, 5.41) is 7.22. The number of carbonyl (C=O) groups excluding carboxylic acids is 1. The Morgan fingerprint density at radius 3 is 2.60 bits per heavy atom. The number of likely N-dealkylation sites (tertiary alicyclic amines) is 2. The smallest absolute Gasteiger partial charge is 0.244 e. The van der Waals surface area contributed by atoms with E-state index in [4.69, 9.17) is 0 Å². The summed E-state index contributed by atoms with van der Waals surface area (Å²) in [5.74, 6) is 0.697. The molecule has 1 aromatic heterocycles. The van der Waals surface area contributed by atoms with Crippen molar-refractivity contribution in [2.24, 2.45) is 0 Å². The van der Waals surface area contributed by atoms with Gasteiger partial charge < -0.3 is 4.90 Å². The maximum absolute atomic E-state index is 13.3. The first-order valence-electron chi connectivity index (χ1n) is 9.40. The van der Waals surface area contributed by atoms with E-state index in [0.717, 1.165) is 57.4 Å². The fraction of sp³-hybridized carbons (Fsp3) is 0.500. The molecular weight excluding hydrogens is 312 g/mol. The molecule has 2 atom stereocenters. The number of rotatable bonds is 4. The van der Waals surface area contributed by atoms with E-state index in [1.807, 2.05) is 24.4 Å².